The Bertz CT molecular complexity index is 348. The topological polar surface area (TPSA) is 50.4 Å². The SMILES string of the molecule is O=C(NOCc1ccccc1)C1CCNCC1. The summed E-state index contributed by atoms with van der Waals surface area (Å²) in [5.74, 6) is 0.0921. The van der Waals surface area contributed by atoms with Crippen LogP contribution in [0.2, 0.25) is 0 Å². The van der Waals surface area contributed by atoms with Gasteiger partial charge in [-0.25, -0.2) is 5.48 Å². The molecule has 0 aliphatic carbocycles. The summed E-state index contributed by atoms with van der Waals surface area (Å²) in [4.78, 5) is 16.9. The van der Waals surface area contributed by atoms with E-state index < -0.39 is 0 Å². The number of rotatable bonds is 4. The van der Waals surface area contributed by atoms with Crippen LogP contribution in [0.15, 0.2) is 30.3 Å². The van der Waals surface area contributed by atoms with Gasteiger partial charge in [-0.1, -0.05) is 30.3 Å². The molecule has 1 aliphatic heterocycles. The first kappa shape index (κ1) is 12.1. The number of piperidine rings is 1. The quantitative estimate of drug-likeness (QED) is 0.770. The Morgan fingerprint density at radius 1 is 1.29 bits per heavy atom. The monoisotopic (exact) mass is 234 g/mol. The number of hydrogen-bond donors (Lipinski definition) is 2. The van der Waals surface area contributed by atoms with Crippen molar-refractivity contribution in [1.29, 1.82) is 0 Å². The van der Waals surface area contributed by atoms with Crippen LogP contribution in [0.5, 0.6) is 0 Å². The highest BCUT2D eigenvalue weighted by atomic mass is 16.6. The number of hydroxylamine groups is 1. The molecule has 0 radical (unpaired) electrons. The fourth-order valence-corrected chi connectivity index (χ4v) is 1.93. The largest absolute Gasteiger partial charge is 0.317 e. The Labute approximate surface area is 101 Å². The van der Waals surface area contributed by atoms with Crippen molar-refractivity contribution in [1.82, 2.24) is 10.8 Å². The molecule has 1 aromatic carbocycles. The van der Waals surface area contributed by atoms with E-state index in [9.17, 15) is 4.79 Å². The first-order chi connectivity index (χ1) is 8.36. The highest BCUT2D eigenvalue weighted by Gasteiger charge is 2.20. The number of hydrogen-bond acceptors (Lipinski definition) is 3. The van der Waals surface area contributed by atoms with E-state index in [4.69, 9.17) is 4.84 Å². The molecule has 4 heteroatoms. The molecule has 2 rings (SSSR count). The molecule has 92 valence electrons. The lowest BCUT2D eigenvalue weighted by Crippen LogP contribution is -2.38. The van der Waals surface area contributed by atoms with E-state index in [0.29, 0.717) is 6.61 Å². The minimum Gasteiger partial charge on any atom is -0.317 e. The third-order valence-electron chi connectivity index (χ3n) is 2.96. The summed E-state index contributed by atoms with van der Waals surface area (Å²) in [6.07, 6.45) is 1.78. The highest BCUT2D eigenvalue weighted by Crippen LogP contribution is 2.11. The van der Waals surface area contributed by atoms with Crippen LogP contribution in [0.1, 0.15) is 18.4 Å². The number of benzene rings is 1. The van der Waals surface area contributed by atoms with Crippen molar-refractivity contribution in [3.8, 4) is 0 Å². The Hall–Kier alpha value is -1.39. The number of nitrogens with one attached hydrogen (secondary N) is 2. The zero-order valence-electron chi connectivity index (χ0n) is 9.82. The molecule has 0 aromatic heterocycles. The molecule has 1 amide bonds. The van der Waals surface area contributed by atoms with Gasteiger partial charge in [0.1, 0.15) is 0 Å². The zero-order valence-corrected chi connectivity index (χ0v) is 9.82. The predicted octanol–water partition coefficient (Wildman–Crippen LogP) is 1.23. The molecule has 1 aromatic rings. The van der Waals surface area contributed by atoms with E-state index >= 15 is 0 Å². The van der Waals surface area contributed by atoms with Gasteiger partial charge in [-0.05, 0) is 31.5 Å². The van der Waals surface area contributed by atoms with E-state index in [0.717, 1.165) is 31.5 Å². The maximum absolute atomic E-state index is 11.7. The Kier molecular flexibility index (Phi) is 4.53. The van der Waals surface area contributed by atoms with Gasteiger partial charge in [-0.3, -0.25) is 9.63 Å². The number of amides is 1. The van der Waals surface area contributed by atoms with Crippen LogP contribution in [-0.2, 0) is 16.2 Å². The van der Waals surface area contributed by atoms with Gasteiger partial charge in [-0.15, -0.1) is 0 Å². The Balaban J connectivity index is 1.69. The van der Waals surface area contributed by atoms with Crippen molar-refractivity contribution in [2.75, 3.05) is 13.1 Å². The molecule has 1 fully saturated rings. The third-order valence-corrected chi connectivity index (χ3v) is 2.96. The maximum atomic E-state index is 11.7. The molecule has 0 saturated carbocycles. The second-order valence-corrected chi connectivity index (χ2v) is 4.26. The minimum atomic E-state index is 0.00225. The number of carbonyl (C=O) groups is 1. The average Bonchev–Trinajstić information content (AvgIpc) is 2.41. The molecule has 4 nitrogen and oxygen atoms in total. The van der Waals surface area contributed by atoms with Crippen LogP contribution in [0.4, 0.5) is 0 Å². The molecule has 0 bridgehead atoms. The Morgan fingerprint density at radius 3 is 2.71 bits per heavy atom. The standard InChI is InChI=1S/C13H18N2O2/c16-13(12-6-8-14-9-7-12)15-17-10-11-4-2-1-3-5-11/h1-5,12,14H,6-10H2,(H,15,16). The van der Waals surface area contributed by atoms with Crippen molar-refractivity contribution in [3.05, 3.63) is 35.9 Å². The molecule has 1 heterocycles. The van der Waals surface area contributed by atoms with Crippen LogP contribution < -0.4 is 10.8 Å². The normalized spacial score (nSPS) is 16.7. The van der Waals surface area contributed by atoms with Crippen molar-refractivity contribution in [3.63, 3.8) is 0 Å². The summed E-state index contributed by atoms with van der Waals surface area (Å²) in [5.41, 5.74) is 3.59. The lowest BCUT2D eigenvalue weighted by atomic mass is 9.98. The zero-order chi connectivity index (χ0) is 11.9. The molecule has 17 heavy (non-hydrogen) atoms. The maximum Gasteiger partial charge on any atom is 0.246 e. The molecular weight excluding hydrogens is 216 g/mol. The average molecular weight is 234 g/mol. The van der Waals surface area contributed by atoms with Gasteiger partial charge >= 0.3 is 0 Å². The molecule has 1 aliphatic rings. The lowest BCUT2D eigenvalue weighted by Gasteiger charge is -2.21. The number of carbonyl (C=O) groups excluding carboxylic acids is 1. The van der Waals surface area contributed by atoms with Gasteiger partial charge in [0.15, 0.2) is 0 Å². The van der Waals surface area contributed by atoms with E-state index in [2.05, 4.69) is 10.8 Å². The fourth-order valence-electron chi connectivity index (χ4n) is 1.93. The van der Waals surface area contributed by atoms with E-state index in [1.807, 2.05) is 30.3 Å². The summed E-state index contributed by atoms with van der Waals surface area (Å²) in [6.45, 7) is 2.24. The summed E-state index contributed by atoms with van der Waals surface area (Å²) in [6, 6.07) is 9.80. The van der Waals surface area contributed by atoms with Gasteiger partial charge < -0.3 is 5.32 Å². The predicted molar refractivity (Wildman–Crippen MR) is 65.0 cm³/mol. The summed E-state index contributed by atoms with van der Waals surface area (Å²) in [5, 5.41) is 3.23. The second kappa shape index (κ2) is 6.37. The second-order valence-electron chi connectivity index (χ2n) is 4.26. The van der Waals surface area contributed by atoms with Crippen LogP contribution in [0, 0.1) is 5.92 Å². The lowest BCUT2D eigenvalue weighted by molar-refractivity contribution is -0.139. The Morgan fingerprint density at radius 2 is 2.00 bits per heavy atom. The molecular formula is C13H18N2O2. The summed E-state index contributed by atoms with van der Waals surface area (Å²) < 4.78 is 0. The van der Waals surface area contributed by atoms with Gasteiger partial charge in [0, 0.05) is 5.92 Å². The molecule has 2 N–H and O–H groups in total. The van der Waals surface area contributed by atoms with Gasteiger partial charge in [0.05, 0.1) is 6.61 Å². The fraction of sp³-hybridized carbons (Fsp3) is 0.462. The molecule has 0 unspecified atom stereocenters. The van der Waals surface area contributed by atoms with Crippen LogP contribution in [-0.4, -0.2) is 19.0 Å². The van der Waals surface area contributed by atoms with Crippen LogP contribution in [0.3, 0.4) is 0 Å². The van der Waals surface area contributed by atoms with Crippen LogP contribution in [0.25, 0.3) is 0 Å². The van der Waals surface area contributed by atoms with Gasteiger partial charge in [0.25, 0.3) is 0 Å². The third kappa shape index (κ3) is 3.84. The van der Waals surface area contributed by atoms with E-state index in [1.54, 1.807) is 0 Å². The summed E-state index contributed by atoms with van der Waals surface area (Å²) >= 11 is 0. The smallest absolute Gasteiger partial charge is 0.246 e. The van der Waals surface area contributed by atoms with Crippen molar-refractivity contribution < 1.29 is 9.63 Å². The minimum absolute atomic E-state index is 0.00225. The van der Waals surface area contributed by atoms with Crippen LogP contribution >= 0.6 is 0 Å². The van der Waals surface area contributed by atoms with Gasteiger partial charge in [0.2, 0.25) is 5.91 Å². The first-order valence-corrected chi connectivity index (χ1v) is 6.02. The van der Waals surface area contributed by atoms with Crippen molar-refractivity contribution in [2.24, 2.45) is 5.92 Å². The molecule has 1 saturated heterocycles. The molecule has 0 spiro atoms. The van der Waals surface area contributed by atoms with E-state index in [-0.39, 0.29) is 11.8 Å². The molecule has 0 atom stereocenters. The van der Waals surface area contributed by atoms with Crippen molar-refractivity contribution >= 4 is 5.91 Å². The highest BCUT2D eigenvalue weighted by molar-refractivity contribution is 5.77. The van der Waals surface area contributed by atoms with Crippen molar-refractivity contribution in [2.45, 2.75) is 19.4 Å². The van der Waals surface area contributed by atoms with E-state index in [1.165, 1.54) is 0 Å². The summed E-state index contributed by atoms with van der Waals surface area (Å²) in [7, 11) is 0. The first-order valence-electron chi connectivity index (χ1n) is 6.02. The van der Waals surface area contributed by atoms with Gasteiger partial charge in [-0.2, -0.15) is 0 Å².